The molecule has 1 heterocycles. The van der Waals surface area contributed by atoms with Crippen molar-refractivity contribution in [2.75, 3.05) is 19.6 Å². The van der Waals surface area contributed by atoms with Gasteiger partial charge in [0.2, 0.25) is 0 Å². The van der Waals surface area contributed by atoms with Crippen molar-refractivity contribution in [1.82, 2.24) is 4.90 Å². The first kappa shape index (κ1) is 14.6. The van der Waals surface area contributed by atoms with Gasteiger partial charge in [0.05, 0.1) is 0 Å². The van der Waals surface area contributed by atoms with E-state index in [0.29, 0.717) is 6.29 Å². The Balaban J connectivity index is 0.000000184. The minimum absolute atomic E-state index is 0.218. The fourth-order valence-corrected chi connectivity index (χ4v) is 1.92. The highest BCUT2D eigenvalue weighted by atomic mass is 19.1. The van der Waals surface area contributed by atoms with Crippen LogP contribution in [0.1, 0.15) is 36.5 Å². The number of halogens is 1. The molecule has 18 heavy (non-hydrogen) atoms. The number of carbonyl (C=O) groups is 1. The fraction of sp³-hybridized carbons (Fsp3) is 0.500. The average Bonchev–Trinajstić information content (AvgIpc) is 2.87. The molecule has 1 N–H and O–H groups in total. The molecular formula is C14H20FNO2. The summed E-state index contributed by atoms with van der Waals surface area (Å²) in [5, 5.41) is 8.65. The minimum Gasteiger partial charge on any atom is -0.505 e. The van der Waals surface area contributed by atoms with Crippen LogP contribution in [0.15, 0.2) is 18.2 Å². The number of nitrogens with zero attached hydrogens (tertiary/aromatic N) is 1. The molecule has 1 aromatic rings. The lowest BCUT2D eigenvalue weighted by Crippen LogP contribution is -2.19. The molecule has 0 spiro atoms. The number of likely N-dealkylation sites (tertiary alicyclic amines) is 1. The number of phenolic OH excluding ortho intramolecular Hbond substituents is 1. The molecule has 1 fully saturated rings. The van der Waals surface area contributed by atoms with Crippen molar-refractivity contribution in [3.05, 3.63) is 29.6 Å². The lowest BCUT2D eigenvalue weighted by Gasteiger charge is -2.11. The van der Waals surface area contributed by atoms with E-state index in [1.54, 1.807) is 0 Å². The predicted octanol–water partition coefficient (Wildman–Crippen LogP) is 2.84. The van der Waals surface area contributed by atoms with E-state index in [1.165, 1.54) is 45.0 Å². The SMILES string of the molecule is CCCN1CCCC1.O=Cc1ccc(O)c(F)c1. The van der Waals surface area contributed by atoms with Gasteiger partial charge in [-0.3, -0.25) is 4.79 Å². The smallest absolute Gasteiger partial charge is 0.165 e. The zero-order chi connectivity index (χ0) is 13.4. The van der Waals surface area contributed by atoms with Gasteiger partial charge in [-0.05, 0) is 57.1 Å². The number of rotatable bonds is 3. The molecule has 0 radical (unpaired) electrons. The summed E-state index contributed by atoms with van der Waals surface area (Å²) >= 11 is 0. The molecule has 1 aliphatic heterocycles. The van der Waals surface area contributed by atoms with E-state index in [1.807, 2.05) is 0 Å². The molecule has 1 aromatic carbocycles. The molecule has 0 bridgehead atoms. The maximum Gasteiger partial charge on any atom is 0.165 e. The number of aldehydes is 1. The van der Waals surface area contributed by atoms with E-state index in [0.717, 1.165) is 12.1 Å². The zero-order valence-electron chi connectivity index (χ0n) is 10.7. The second kappa shape index (κ2) is 7.82. The number of carbonyl (C=O) groups excluding carboxylic acids is 1. The molecule has 100 valence electrons. The van der Waals surface area contributed by atoms with Crippen molar-refractivity contribution in [2.24, 2.45) is 0 Å². The van der Waals surface area contributed by atoms with Gasteiger partial charge in [-0.15, -0.1) is 0 Å². The van der Waals surface area contributed by atoms with E-state index < -0.39 is 11.6 Å². The maximum atomic E-state index is 12.4. The Morgan fingerprint density at radius 1 is 1.39 bits per heavy atom. The van der Waals surface area contributed by atoms with Crippen molar-refractivity contribution < 1.29 is 14.3 Å². The Morgan fingerprint density at radius 3 is 2.56 bits per heavy atom. The van der Waals surface area contributed by atoms with Gasteiger partial charge >= 0.3 is 0 Å². The summed E-state index contributed by atoms with van der Waals surface area (Å²) in [6.07, 6.45) is 4.70. The molecule has 3 nitrogen and oxygen atoms in total. The molecule has 0 unspecified atom stereocenters. The monoisotopic (exact) mass is 253 g/mol. The number of aromatic hydroxyl groups is 1. The van der Waals surface area contributed by atoms with Crippen LogP contribution >= 0.6 is 0 Å². The van der Waals surface area contributed by atoms with Gasteiger partial charge in [-0.2, -0.15) is 0 Å². The molecule has 1 aliphatic rings. The van der Waals surface area contributed by atoms with Crippen LogP contribution < -0.4 is 0 Å². The Labute approximate surface area is 107 Å². The van der Waals surface area contributed by atoms with Crippen LogP contribution in [0.5, 0.6) is 5.75 Å². The Morgan fingerprint density at radius 2 is 2.06 bits per heavy atom. The van der Waals surface area contributed by atoms with Gasteiger partial charge in [-0.25, -0.2) is 4.39 Å². The maximum absolute atomic E-state index is 12.4. The number of phenols is 1. The summed E-state index contributed by atoms with van der Waals surface area (Å²) in [6.45, 7) is 6.28. The van der Waals surface area contributed by atoms with Crippen molar-refractivity contribution in [1.29, 1.82) is 0 Å². The van der Waals surface area contributed by atoms with Gasteiger partial charge in [-0.1, -0.05) is 6.92 Å². The summed E-state index contributed by atoms with van der Waals surface area (Å²) < 4.78 is 12.4. The predicted molar refractivity (Wildman–Crippen MR) is 69.4 cm³/mol. The van der Waals surface area contributed by atoms with Crippen molar-refractivity contribution in [2.45, 2.75) is 26.2 Å². The van der Waals surface area contributed by atoms with Gasteiger partial charge in [0.1, 0.15) is 6.29 Å². The van der Waals surface area contributed by atoms with Gasteiger partial charge in [0.25, 0.3) is 0 Å². The van der Waals surface area contributed by atoms with Crippen molar-refractivity contribution >= 4 is 6.29 Å². The van der Waals surface area contributed by atoms with E-state index in [9.17, 15) is 9.18 Å². The first-order chi connectivity index (χ1) is 8.67. The first-order valence-corrected chi connectivity index (χ1v) is 6.33. The van der Waals surface area contributed by atoms with Gasteiger partial charge in [0.15, 0.2) is 11.6 Å². The molecule has 0 atom stereocenters. The Bertz CT molecular complexity index is 376. The largest absolute Gasteiger partial charge is 0.505 e. The quantitative estimate of drug-likeness (QED) is 0.842. The van der Waals surface area contributed by atoms with Crippen LogP contribution in [-0.2, 0) is 0 Å². The molecule has 4 heteroatoms. The highest BCUT2D eigenvalue weighted by molar-refractivity contribution is 5.74. The van der Waals surface area contributed by atoms with E-state index in [-0.39, 0.29) is 5.56 Å². The third-order valence-corrected chi connectivity index (χ3v) is 2.85. The molecule has 0 aliphatic carbocycles. The van der Waals surface area contributed by atoms with Crippen LogP contribution in [0.4, 0.5) is 4.39 Å². The molecule has 0 saturated carbocycles. The average molecular weight is 253 g/mol. The Kier molecular flexibility index (Phi) is 6.36. The number of hydrogen-bond acceptors (Lipinski definition) is 3. The second-order valence-electron chi connectivity index (χ2n) is 4.38. The van der Waals surface area contributed by atoms with Crippen LogP contribution in [0, 0.1) is 5.82 Å². The highest BCUT2D eigenvalue weighted by Crippen LogP contribution is 2.14. The standard InChI is InChI=1S/C7H5FO2.C7H15N/c8-6-3-5(4-9)1-2-7(6)10;1-2-5-8-6-3-4-7-8/h1-4,10H;2-7H2,1H3. The van der Waals surface area contributed by atoms with Gasteiger partial charge in [0, 0.05) is 5.56 Å². The summed E-state index contributed by atoms with van der Waals surface area (Å²) in [5.74, 6) is -1.21. The molecule has 0 amide bonds. The topological polar surface area (TPSA) is 40.5 Å². The second-order valence-corrected chi connectivity index (χ2v) is 4.38. The zero-order valence-corrected chi connectivity index (χ0v) is 10.7. The summed E-state index contributed by atoms with van der Waals surface area (Å²) in [7, 11) is 0. The molecule has 1 saturated heterocycles. The lowest BCUT2D eigenvalue weighted by molar-refractivity contribution is 0.112. The van der Waals surface area contributed by atoms with E-state index in [2.05, 4.69) is 11.8 Å². The minimum atomic E-state index is -0.774. The summed E-state index contributed by atoms with van der Waals surface area (Å²) in [5.41, 5.74) is 0.218. The Hall–Kier alpha value is -1.42. The summed E-state index contributed by atoms with van der Waals surface area (Å²) in [4.78, 5) is 12.6. The summed E-state index contributed by atoms with van der Waals surface area (Å²) in [6, 6.07) is 3.45. The molecule has 2 rings (SSSR count). The fourth-order valence-electron chi connectivity index (χ4n) is 1.92. The van der Waals surface area contributed by atoms with Gasteiger partial charge < -0.3 is 10.0 Å². The van der Waals surface area contributed by atoms with Crippen LogP contribution in [0.3, 0.4) is 0 Å². The van der Waals surface area contributed by atoms with Crippen LogP contribution in [0.25, 0.3) is 0 Å². The number of benzene rings is 1. The number of hydrogen-bond donors (Lipinski definition) is 1. The normalized spacial score (nSPS) is 15.0. The van der Waals surface area contributed by atoms with Crippen LogP contribution in [-0.4, -0.2) is 35.9 Å². The third kappa shape index (κ3) is 4.84. The van der Waals surface area contributed by atoms with E-state index >= 15 is 0 Å². The molecular weight excluding hydrogens is 233 g/mol. The van der Waals surface area contributed by atoms with Crippen LogP contribution in [0.2, 0.25) is 0 Å². The van der Waals surface area contributed by atoms with E-state index in [4.69, 9.17) is 5.11 Å². The lowest BCUT2D eigenvalue weighted by atomic mass is 10.2. The third-order valence-electron chi connectivity index (χ3n) is 2.85. The van der Waals surface area contributed by atoms with Crippen molar-refractivity contribution in [3.63, 3.8) is 0 Å². The highest BCUT2D eigenvalue weighted by Gasteiger charge is 2.08. The van der Waals surface area contributed by atoms with Crippen molar-refractivity contribution in [3.8, 4) is 5.75 Å². The molecule has 0 aromatic heterocycles. The first-order valence-electron chi connectivity index (χ1n) is 6.33.